The van der Waals surface area contributed by atoms with Gasteiger partial charge in [0.2, 0.25) is 0 Å². The summed E-state index contributed by atoms with van der Waals surface area (Å²) in [6.07, 6.45) is 0.306. The highest BCUT2D eigenvalue weighted by Crippen LogP contribution is 2.45. The molecule has 7 nitrogen and oxygen atoms in total. The van der Waals surface area contributed by atoms with E-state index in [9.17, 15) is 4.79 Å². The Hall–Kier alpha value is -2.61. The third-order valence-corrected chi connectivity index (χ3v) is 5.86. The van der Waals surface area contributed by atoms with E-state index >= 15 is 0 Å². The molecule has 0 fully saturated rings. The molecule has 1 aliphatic rings. The van der Waals surface area contributed by atoms with E-state index in [1.165, 1.54) is 0 Å². The molecule has 1 aliphatic heterocycles. The number of hydrogen-bond acceptors (Lipinski definition) is 6. The Bertz CT molecular complexity index is 932. The molecule has 0 radical (unpaired) electrons. The molecule has 2 aromatic rings. The molecule has 1 amide bonds. The number of halogens is 1. The van der Waals surface area contributed by atoms with Crippen LogP contribution in [0.2, 0.25) is 0 Å². The second kappa shape index (κ2) is 9.47. The van der Waals surface area contributed by atoms with Gasteiger partial charge >= 0.3 is 6.09 Å². The summed E-state index contributed by atoms with van der Waals surface area (Å²) in [5.74, 6) is 2.43. The molecule has 162 valence electrons. The van der Waals surface area contributed by atoms with Gasteiger partial charge in [0.15, 0.2) is 23.0 Å². The largest absolute Gasteiger partial charge is 0.493 e. The van der Waals surface area contributed by atoms with Crippen molar-refractivity contribution in [3.8, 4) is 23.0 Å². The predicted octanol–water partition coefficient (Wildman–Crippen LogP) is 4.59. The zero-order valence-corrected chi connectivity index (χ0v) is 19.4. The van der Waals surface area contributed by atoms with Crippen molar-refractivity contribution in [1.82, 2.24) is 4.90 Å². The average Bonchev–Trinajstić information content (AvgIpc) is 2.77. The zero-order chi connectivity index (χ0) is 21.8. The third-order valence-electron chi connectivity index (χ3n) is 5.17. The number of fused-ring (bicyclic) bond motifs is 1. The molecule has 8 heteroatoms. The van der Waals surface area contributed by atoms with Crippen molar-refractivity contribution >= 4 is 22.0 Å². The summed E-state index contributed by atoms with van der Waals surface area (Å²) in [4.78, 5) is 14.6. The van der Waals surface area contributed by atoms with Crippen LogP contribution in [0.15, 0.2) is 28.7 Å². The quantitative estimate of drug-likeness (QED) is 0.603. The van der Waals surface area contributed by atoms with Crippen LogP contribution in [0, 0.1) is 0 Å². The van der Waals surface area contributed by atoms with Crippen LogP contribution in [0.3, 0.4) is 0 Å². The van der Waals surface area contributed by atoms with E-state index in [-0.39, 0.29) is 6.09 Å². The molecule has 0 aliphatic carbocycles. The van der Waals surface area contributed by atoms with Gasteiger partial charge in [-0.3, -0.25) is 4.90 Å². The van der Waals surface area contributed by atoms with E-state index in [0.29, 0.717) is 42.6 Å². The smallest absolute Gasteiger partial charge is 0.410 e. The molecule has 1 unspecified atom stereocenters. The van der Waals surface area contributed by atoms with Crippen LogP contribution in [0.4, 0.5) is 4.79 Å². The minimum atomic E-state index is -0.401. The van der Waals surface area contributed by atoms with Gasteiger partial charge in [-0.05, 0) is 54.3 Å². The maximum Gasteiger partial charge on any atom is 0.410 e. The van der Waals surface area contributed by atoms with Gasteiger partial charge < -0.3 is 23.7 Å². The Labute approximate surface area is 184 Å². The number of rotatable bonds is 6. The monoisotopic (exact) mass is 479 g/mol. The lowest BCUT2D eigenvalue weighted by molar-refractivity contribution is 0.0935. The molecule has 30 heavy (non-hydrogen) atoms. The summed E-state index contributed by atoms with van der Waals surface area (Å²) in [5, 5.41) is 0. The number of hydrogen-bond donors (Lipinski definition) is 0. The number of benzene rings is 2. The van der Waals surface area contributed by atoms with Crippen LogP contribution in [0.25, 0.3) is 0 Å². The standard InChI is InChI=1S/C22H26BrNO6/c1-6-30-22(25)24-8-7-13-9-17(26-2)18(27-3)10-14(13)21(24)15-11-19(28-4)20(29-5)12-16(15)23/h9-12,21H,6-8H2,1-5H3. The SMILES string of the molecule is CCOC(=O)N1CCc2cc(OC)c(OC)cc2C1c1cc(OC)c(OC)cc1Br. The Morgan fingerprint density at radius 1 is 0.933 bits per heavy atom. The van der Waals surface area contributed by atoms with Gasteiger partial charge in [-0.1, -0.05) is 15.9 Å². The molecular formula is C22H26BrNO6. The second-order valence-corrected chi connectivity index (χ2v) is 7.53. The minimum absolute atomic E-state index is 0.300. The van der Waals surface area contributed by atoms with E-state index < -0.39 is 6.04 Å². The Balaban J connectivity index is 2.23. The molecule has 0 spiro atoms. The number of methoxy groups -OCH3 is 4. The highest BCUT2D eigenvalue weighted by molar-refractivity contribution is 9.10. The van der Waals surface area contributed by atoms with Crippen LogP contribution in [0.5, 0.6) is 23.0 Å². The average molecular weight is 480 g/mol. The van der Waals surface area contributed by atoms with Crippen LogP contribution in [0.1, 0.15) is 29.7 Å². The number of carbonyl (C=O) groups excluding carboxylic acids is 1. The first-order chi connectivity index (χ1) is 14.5. The maximum absolute atomic E-state index is 12.8. The molecule has 3 rings (SSSR count). The van der Waals surface area contributed by atoms with Gasteiger partial charge in [-0.25, -0.2) is 4.79 Å². The van der Waals surface area contributed by atoms with Gasteiger partial charge in [0.05, 0.1) is 41.1 Å². The summed E-state index contributed by atoms with van der Waals surface area (Å²) >= 11 is 3.65. The van der Waals surface area contributed by atoms with E-state index in [0.717, 1.165) is 21.2 Å². The topological polar surface area (TPSA) is 66.5 Å². The summed E-state index contributed by atoms with van der Waals surface area (Å²) in [5.41, 5.74) is 2.88. The fourth-order valence-corrected chi connectivity index (χ4v) is 4.30. The number of nitrogens with zero attached hydrogens (tertiary/aromatic N) is 1. The number of amides is 1. The molecule has 1 atom stereocenters. The van der Waals surface area contributed by atoms with E-state index in [1.807, 2.05) is 24.3 Å². The molecular weight excluding hydrogens is 454 g/mol. The molecule has 0 saturated carbocycles. The van der Waals surface area contributed by atoms with Crippen LogP contribution in [-0.4, -0.2) is 52.6 Å². The predicted molar refractivity (Wildman–Crippen MR) is 116 cm³/mol. The first kappa shape index (κ1) is 22.1. The van der Waals surface area contributed by atoms with Gasteiger partial charge in [0, 0.05) is 11.0 Å². The fraction of sp³-hybridized carbons (Fsp3) is 0.409. The van der Waals surface area contributed by atoms with Gasteiger partial charge in [-0.2, -0.15) is 0 Å². The zero-order valence-electron chi connectivity index (χ0n) is 17.8. The van der Waals surface area contributed by atoms with Crippen molar-refractivity contribution in [2.45, 2.75) is 19.4 Å². The highest BCUT2D eigenvalue weighted by Gasteiger charge is 2.36. The summed E-state index contributed by atoms with van der Waals surface area (Å²) in [6, 6.07) is 7.21. The first-order valence-electron chi connectivity index (χ1n) is 9.58. The molecule has 0 aromatic heterocycles. The van der Waals surface area contributed by atoms with Crippen LogP contribution >= 0.6 is 15.9 Å². The maximum atomic E-state index is 12.8. The van der Waals surface area contributed by atoms with Crippen molar-refractivity contribution in [3.63, 3.8) is 0 Å². The van der Waals surface area contributed by atoms with Gasteiger partial charge in [0.1, 0.15) is 0 Å². The number of ether oxygens (including phenoxy) is 5. The number of carbonyl (C=O) groups is 1. The Morgan fingerprint density at radius 3 is 2.03 bits per heavy atom. The van der Waals surface area contributed by atoms with Crippen molar-refractivity contribution in [2.75, 3.05) is 41.6 Å². The Kier molecular flexibility index (Phi) is 6.97. The van der Waals surface area contributed by atoms with Crippen molar-refractivity contribution < 1.29 is 28.5 Å². The second-order valence-electron chi connectivity index (χ2n) is 6.68. The highest BCUT2D eigenvalue weighted by atomic mass is 79.9. The molecule has 0 N–H and O–H groups in total. The third kappa shape index (κ3) is 4.01. The van der Waals surface area contributed by atoms with Crippen molar-refractivity contribution in [2.24, 2.45) is 0 Å². The van der Waals surface area contributed by atoms with Gasteiger partial charge in [0.25, 0.3) is 0 Å². The summed E-state index contributed by atoms with van der Waals surface area (Å²) in [7, 11) is 6.38. The minimum Gasteiger partial charge on any atom is -0.493 e. The van der Waals surface area contributed by atoms with E-state index in [4.69, 9.17) is 23.7 Å². The lowest BCUT2D eigenvalue weighted by Crippen LogP contribution is -2.41. The van der Waals surface area contributed by atoms with Crippen LogP contribution in [-0.2, 0) is 11.2 Å². The summed E-state index contributed by atoms with van der Waals surface area (Å²) in [6.45, 7) is 2.60. The van der Waals surface area contributed by atoms with Crippen molar-refractivity contribution in [1.29, 1.82) is 0 Å². The van der Waals surface area contributed by atoms with E-state index in [2.05, 4.69) is 15.9 Å². The molecule has 0 saturated heterocycles. The van der Waals surface area contributed by atoms with Gasteiger partial charge in [-0.15, -0.1) is 0 Å². The fourth-order valence-electron chi connectivity index (χ4n) is 3.76. The lowest BCUT2D eigenvalue weighted by atomic mass is 9.87. The summed E-state index contributed by atoms with van der Waals surface area (Å²) < 4.78 is 28.1. The lowest BCUT2D eigenvalue weighted by Gasteiger charge is -2.38. The Morgan fingerprint density at radius 2 is 1.47 bits per heavy atom. The van der Waals surface area contributed by atoms with E-state index in [1.54, 1.807) is 40.3 Å². The molecule has 0 bridgehead atoms. The van der Waals surface area contributed by atoms with Crippen LogP contribution < -0.4 is 18.9 Å². The molecule has 2 aromatic carbocycles. The van der Waals surface area contributed by atoms with Crippen molar-refractivity contribution in [3.05, 3.63) is 45.4 Å². The normalized spacial score (nSPS) is 15.3. The first-order valence-corrected chi connectivity index (χ1v) is 10.4. The molecule has 1 heterocycles.